The van der Waals surface area contributed by atoms with Gasteiger partial charge in [-0.05, 0) is 36.4 Å². The number of amides is 1. The lowest BCUT2D eigenvalue weighted by Crippen LogP contribution is -2.48. The minimum atomic E-state index is -3.48. The molecule has 8 heteroatoms. The van der Waals surface area contributed by atoms with Gasteiger partial charge in [0.1, 0.15) is 5.76 Å². The van der Waals surface area contributed by atoms with Crippen molar-refractivity contribution in [3.8, 4) is 0 Å². The second-order valence-electron chi connectivity index (χ2n) is 6.46. The molecule has 0 bridgehead atoms. The van der Waals surface area contributed by atoms with E-state index in [0.29, 0.717) is 18.7 Å². The second kappa shape index (κ2) is 7.61. The van der Waals surface area contributed by atoms with Gasteiger partial charge in [0.15, 0.2) is 0 Å². The molecule has 3 rings (SSSR count). The van der Waals surface area contributed by atoms with Gasteiger partial charge in [-0.2, -0.15) is 0 Å². The molecule has 0 spiro atoms. The summed E-state index contributed by atoms with van der Waals surface area (Å²) in [7, 11) is -0.518. The molecule has 7 nitrogen and oxygen atoms in total. The van der Waals surface area contributed by atoms with E-state index >= 15 is 0 Å². The number of hydrogen-bond acceptors (Lipinski definition) is 5. The van der Waals surface area contributed by atoms with Crippen LogP contribution in [0.15, 0.2) is 52.0 Å². The van der Waals surface area contributed by atoms with E-state index in [1.165, 1.54) is 26.2 Å². The Morgan fingerprint density at radius 2 is 1.73 bits per heavy atom. The fraction of sp³-hybridized carbons (Fsp3) is 0.389. The highest BCUT2D eigenvalue weighted by atomic mass is 32.2. The van der Waals surface area contributed by atoms with Crippen LogP contribution in [0.25, 0.3) is 0 Å². The summed E-state index contributed by atoms with van der Waals surface area (Å²) in [6, 6.07) is 9.93. The molecule has 1 fully saturated rings. The Kier molecular flexibility index (Phi) is 5.45. The first-order valence-corrected chi connectivity index (χ1v) is 9.88. The van der Waals surface area contributed by atoms with E-state index in [9.17, 15) is 13.2 Å². The number of carbonyl (C=O) groups excluding carboxylic acids is 1. The lowest BCUT2D eigenvalue weighted by molar-refractivity contribution is 0.0620. The first-order valence-electron chi connectivity index (χ1n) is 8.44. The average Bonchev–Trinajstić information content (AvgIpc) is 3.15. The number of piperazine rings is 1. The van der Waals surface area contributed by atoms with Crippen LogP contribution in [-0.2, 0) is 16.6 Å². The molecule has 140 valence electrons. The van der Waals surface area contributed by atoms with Crippen LogP contribution in [0.4, 0.5) is 0 Å². The van der Waals surface area contributed by atoms with E-state index in [4.69, 9.17) is 4.42 Å². The summed E-state index contributed by atoms with van der Waals surface area (Å²) in [4.78, 5) is 16.9. The number of sulfonamides is 1. The third kappa shape index (κ3) is 3.98. The maximum atomic E-state index is 12.6. The second-order valence-corrected chi connectivity index (χ2v) is 8.61. The minimum Gasteiger partial charge on any atom is -0.468 e. The van der Waals surface area contributed by atoms with Crippen molar-refractivity contribution < 1.29 is 17.6 Å². The van der Waals surface area contributed by atoms with Crippen LogP contribution in [0.3, 0.4) is 0 Å². The first-order chi connectivity index (χ1) is 12.4. The zero-order valence-electron chi connectivity index (χ0n) is 15.0. The molecule has 0 N–H and O–H groups in total. The highest BCUT2D eigenvalue weighted by molar-refractivity contribution is 7.89. The van der Waals surface area contributed by atoms with Gasteiger partial charge in [-0.3, -0.25) is 9.69 Å². The maximum Gasteiger partial charge on any atom is 0.253 e. The van der Waals surface area contributed by atoms with Crippen LogP contribution in [-0.4, -0.2) is 68.7 Å². The Morgan fingerprint density at radius 1 is 1.08 bits per heavy atom. The van der Waals surface area contributed by atoms with Crippen molar-refractivity contribution in [2.75, 3.05) is 40.3 Å². The predicted molar refractivity (Wildman–Crippen MR) is 97.2 cm³/mol. The topological polar surface area (TPSA) is 74.1 Å². The van der Waals surface area contributed by atoms with Crippen molar-refractivity contribution in [3.63, 3.8) is 0 Å². The van der Waals surface area contributed by atoms with Gasteiger partial charge in [0, 0.05) is 45.8 Å². The van der Waals surface area contributed by atoms with E-state index in [-0.39, 0.29) is 10.8 Å². The molecule has 1 aromatic carbocycles. The Bertz CT molecular complexity index is 837. The van der Waals surface area contributed by atoms with Crippen molar-refractivity contribution in [1.29, 1.82) is 0 Å². The fourth-order valence-electron chi connectivity index (χ4n) is 2.89. The van der Waals surface area contributed by atoms with Gasteiger partial charge in [0.25, 0.3) is 5.91 Å². The van der Waals surface area contributed by atoms with Gasteiger partial charge < -0.3 is 9.32 Å². The monoisotopic (exact) mass is 377 g/mol. The van der Waals surface area contributed by atoms with E-state index in [1.807, 2.05) is 12.1 Å². The summed E-state index contributed by atoms with van der Waals surface area (Å²) in [5.74, 6) is 0.846. The molecule has 0 saturated carbocycles. The summed E-state index contributed by atoms with van der Waals surface area (Å²) < 4.78 is 30.7. The number of furan rings is 1. The summed E-state index contributed by atoms with van der Waals surface area (Å²) in [5.41, 5.74) is 0.502. The van der Waals surface area contributed by atoms with Gasteiger partial charge in [0.2, 0.25) is 10.0 Å². The van der Waals surface area contributed by atoms with Crippen LogP contribution in [0, 0.1) is 0 Å². The van der Waals surface area contributed by atoms with Crippen LogP contribution in [0.5, 0.6) is 0 Å². The maximum absolute atomic E-state index is 12.6. The Labute approximate surface area is 153 Å². The number of nitrogens with zero attached hydrogens (tertiary/aromatic N) is 3. The third-order valence-corrected chi connectivity index (χ3v) is 6.33. The predicted octanol–water partition coefficient (Wildman–Crippen LogP) is 1.49. The molecular weight excluding hydrogens is 354 g/mol. The number of rotatable bonds is 5. The minimum absolute atomic E-state index is 0.0727. The van der Waals surface area contributed by atoms with E-state index in [1.54, 1.807) is 23.3 Å². The lowest BCUT2D eigenvalue weighted by atomic mass is 10.2. The van der Waals surface area contributed by atoms with Crippen LogP contribution in [0.2, 0.25) is 0 Å². The summed E-state index contributed by atoms with van der Waals surface area (Å²) in [6.07, 6.45) is 1.66. The molecule has 1 aliphatic heterocycles. The first kappa shape index (κ1) is 18.6. The molecule has 1 amide bonds. The van der Waals surface area contributed by atoms with Crippen molar-refractivity contribution in [3.05, 3.63) is 54.0 Å². The molecule has 1 saturated heterocycles. The molecule has 1 aliphatic rings. The largest absolute Gasteiger partial charge is 0.468 e. The molecule has 0 atom stereocenters. The quantitative estimate of drug-likeness (QED) is 0.789. The zero-order chi connectivity index (χ0) is 18.7. The molecule has 2 heterocycles. The van der Waals surface area contributed by atoms with Crippen molar-refractivity contribution >= 4 is 15.9 Å². The van der Waals surface area contributed by atoms with Gasteiger partial charge in [-0.15, -0.1) is 0 Å². The molecule has 1 aromatic heterocycles. The van der Waals surface area contributed by atoms with E-state index < -0.39 is 10.0 Å². The normalized spacial score (nSPS) is 16.2. The SMILES string of the molecule is CN(C)S(=O)(=O)c1ccc(C(=O)N2CCN(Cc3ccco3)CC2)cc1. The summed E-state index contributed by atoms with van der Waals surface area (Å²) >= 11 is 0. The third-order valence-electron chi connectivity index (χ3n) is 4.50. The van der Waals surface area contributed by atoms with Crippen LogP contribution < -0.4 is 0 Å². The molecular formula is C18H23N3O4S. The zero-order valence-corrected chi connectivity index (χ0v) is 15.8. The Morgan fingerprint density at radius 3 is 2.27 bits per heavy atom. The number of carbonyl (C=O) groups is 1. The number of hydrogen-bond donors (Lipinski definition) is 0. The molecule has 2 aromatic rings. The number of benzene rings is 1. The van der Waals surface area contributed by atoms with Crippen LogP contribution in [0.1, 0.15) is 16.1 Å². The average molecular weight is 377 g/mol. The van der Waals surface area contributed by atoms with Gasteiger partial charge in [-0.1, -0.05) is 0 Å². The summed E-state index contributed by atoms with van der Waals surface area (Å²) in [5, 5.41) is 0. The molecule has 0 aliphatic carbocycles. The van der Waals surface area contributed by atoms with Crippen molar-refractivity contribution in [2.24, 2.45) is 0 Å². The Balaban J connectivity index is 1.60. The van der Waals surface area contributed by atoms with Crippen LogP contribution >= 0.6 is 0 Å². The molecule has 0 radical (unpaired) electrons. The molecule has 0 unspecified atom stereocenters. The lowest BCUT2D eigenvalue weighted by Gasteiger charge is -2.34. The van der Waals surface area contributed by atoms with E-state index in [0.717, 1.165) is 29.7 Å². The highest BCUT2D eigenvalue weighted by Gasteiger charge is 2.23. The van der Waals surface area contributed by atoms with Crippen molar-refractivity contribution in [2.45, 2.75) is 11.4 Å². The highest BCUT2D eigenvalue weighted by Crippen LogP contribution is 2.16. The smallest absolute Gasteiger partial charge is 0.253 e. The van der Waals surface area contributed by atoms with Gasteiger partial charge >= 0.3 is 0 Å². The van der Waals surface area contributed by atoms with E-state index in [2.05, 4.69) is 4.90 Å². The summed E-state index contributed by atoms with van der Waals surface area (Å²) in [6.45, 7) is 3.57. The van der Waals surface area contributed by atoms with Crippen molar-refractivity contribution in [1.82, 2.24) is 14.1 Å². The fourth-order valence-corrected chi connectivity index (χ4v) is 3.80. The standard InChI is InChI=1S/C18H23N3O4S/c1-19(2)26(23,24)17-7-5-15(6-8-17)18(22)21-11-9-20(10-12-21)14-16-4-3-13-25-16/h3-8,13H,9-12,14H2,1-2H3. The Hall–Kier alpha value is -2.16. The molecule has 26 heavy (non-hydrogen) atoms. The van der Waals surface area contributed by atoms with Gasteiger partial charge in [0.05, 0.1) is 17.7 Å². The van der Waals surface area contributed by atoms with Gasteiger partial charge in [-0.25, -0.2) is 12.7 Å².